The van der Waals surface area contributed by atoms with Crippen LogP contribution < -0.4 is 5.32 Å². The van der Waals surface area contributed by atoms with Crippen LogP contribution in [0.25, 0.3) is 0 Å². The summed E-state index contributed by atoms with van der Waals surface area (Å²) in [4.78, 5) is 16.0. The molecule has 1 aromatic carbocycles. The molecule has 21 heavy (non-hydrogen) atoms. The first-order valence-electron chi connectivity index (χ1n) is 6.13. The normalized spacial score (nSPS) is 11.5. The number of carbonyl (C=O) groups excluding carboxylic acids is 1. The van der Waals surface area contributed by atoms with Crippen molar-refractivity contribution in [2.24, 2.45) is 0 Å². The third-order valence-electron chi connectivity index (χ3n) is 2.95. The van der Waals surface area contributed by atoms with E-state index in [1.54, 1.807) is 24.3 Å². The summed E-state index contributed by atoms with van der Waals surface area (Å²) >= 11 is 11.7. The van der Waals surface area contributed by atoms with E-state index in [-0.39, 0.29) is 27.7 Å². The van der Waals surface area contributed by atoms with Gasteiger partial charge in [0.1, 0.15) is 5.15 Å². The number of aromatic nitrogens is 1. The highest BCUT2D eigenvalue weighted by atomic mass is 35.5. The van der Waals surface area contributed by atoms with Crippen LogP contribution in [0.1, 0.15) is 34.5 Å². The van der Waals surface area contributed by atoms with Gasteiger partial charge in [0.05, 0.1) is 28.3 Å². The lowest BCUT2D eigenvalue weighted by Gasteiger charge is -2.15. The zero-order chi connectivity index (χ0) is 15.4. The van der Waals surface area contributed by atoms with Crippen LogP contribution in [0, 0.1) is 11.3 Å². The quantitative estimate of drug-likeness (QED) is 0.876. The number of carbonyl (C=O) groups is 1. The summed E-state index contributed by atoms with van der Waals surface area (Å²) in [5, 5.41) is 12.0. The monoisotopic (exact) mass is 319 g/mol. The fourth-order valence-electron chi connectivity index (χ4n) is 1.79. The van der Waals surface area contributed by atoms with Gasteiger partial charge in [0, 0.05) is 6.20 Å². The maximum atomic E-state index is 12.2. The topological polar surface area (TPSA) is 65.8 Å². The average Bonchev–Trinajstić information content (AvgIpc) is 2.49. The summed E-state index contributed by atoms with van der Waals surface area (Å²) in [5.74, 6) is -0.332. The number of amides is 1. The number of nitriles is 1. The molecule has 0 aliphatic carbocycles. The van der Waals surface area contributed by atoms with Crippen LogP contribution in [0.2, 0.25) is 10.2 Å². The van der Waals surface area contributed by atoms with Gasteiger partial charge in [-0.2, -0.15) is 5.26 Å². The van der Waals surface area contributed by atoms with Gasteiger partial charge in [-0.15, -0.1) is 0 Å². The van der Waals surface area contributed by atoms with E-state index >= 15 is 0 Å². The third kappa shape index (κ3) is 3.72. The van der Waals surface area contributed by atoms with Gasteiger partial charge in [0.15, 0.2) is 0 Å². The van der Waals surface area contributed by atoms with Gasteiger partial charge >= 0.3 is 0 Å². The number of pyridine rings is 1. The van der Waals surface area contributed by atoms with E-state index in [0.29, 0.717) is 5.56 Å². The zero-order valence-electron chi connectivity index (χ0n) is 11.1. The maximum absolute atomic E-state index is 12.2. The molecule has 6 heteroatoms. The molecule has 0 aliphatic rings. The highest BCUT2D eigenvalue weighted by molar-refractivity contribution is 6.35. The van der Waals surface area contributed by atoms with Gasteiger partial charge in [-0.25, -0.2) is 4.98 Å². The SMILES string of the molecule is CC(NC(=O)c1cc(Cl)ncc1Cl)c1ccc(C#N)cc1. The molecule has 1 N–H and O–H groups in total. The van der Waals surface area contributed by atoms with Crippen molar-refractivity contribution in [2.75, 3.05) is 0 Å². The Morgan fingerprint density at radius 2 is 2.00 bits per heavy atom. The smallest absolute Gasteiger partial charge is 0.253 e. The lowest BCUT2D eigenvalue weighted by Crippen LogP contribution is -2.27. The van der Waals surface area contributed by atoms with Crippen LogP contribution in [0.15, 0.2) is 36.5 Å². The number of benzene rings is 1. The number of rotatable bonds is 3. The number of halogens is 2. The predicted molar refractivity (Wildman–Crippen MR) is 81.3 cm³/mol. The molecule has 2 rings (SSSR count). The van der Waals surface area contributed by atoms with Gasteiger partial charge in [-0.1, -0.05) is 35.3 Å². The number of nitrogens with zero attached hydrogens (tertiary/aromatic N) is 2. The molecule has 2 aromatic rings. The summed E-state index contributed by atoms with van der Waals surface area (Å²) in [5.41, 5.74) is 1.73. The van der Waals surface area contributed by atoms with Crippen LogP contribution in [0.5, 0.6) is 0 Å². The van der Waals surface area contributed by atoms with Crippen LogP contribution in [0.3, 0.4) is 0 Å². The maximum Gasteiger partial charge on any atom is 0.253 e. The largest absolute Gasteiger partial charge is 0.345 e. The van der Waals surface area contributed by atoms with Crippen molar-refractivity contribution in [1.82, 2.24) is 10.3 Å². The number of nitrogens with one attached hydrogen (secondary N) is 1. The molecule has 0 aliphatic heterocycles. The molecule has 0 bridgehead atoms. The van der Waals surface area contributed by atoms with Gasteiger partial charge in [0.25, 0.3) is 5.91 Å². The Bertz CT molecular complexity index is 708. The standard InChI is InChI=1S/C15H11Cl2N3O/c1-9(11-4-2-10(7-18)3-5-11)20-15(21)12-6-14(17)19-8-13(12)16/h2-6,8-9H,1H3,(H,20,21). The highest BCUT2D eigenvalue weighted by Gasteiger charge is 2.15. The second-order valence-electron chi connectivity index (χ2n) is 4.42. The first-order valence-corrected chi connectivity index (χ1v) is 6.89. The Labute approximate surface area is 132 Å². The van der Waals surface area contributed by atoms with Crippen LogP contribution in [0.4, 0.5) is 0 Å². The third-order valence-corrected chi connectivity index (χ3v) is 3.46. The van der Waals surface area contributed by atoms with E-state index in [1.165, 1.54) is 12.3 Å². The van der Waals surface area contributed by atoms with E-state index in [4.69, 9.17) is 28.5 Å². The minimum absolute atomic E-state index is 0.204. The van der Waals surface area contributed by atoms with Crippen molar-refractivity contribution in [3.8, 4) is 6.07 Å². The van der Waals surface area contributed by atoms with Crippen molar-refractivity contribution in [3.63, 3.8) is 0 Å². The molecule has 1 atom stereocenters. The Morgan fingerprint density at radius 1 is 1.33 bits per heavy atom. The molecule has 1 unspecified atom stereocenters. The molecule has 1 aromatic heterocycles. The van der Waals surface area contributed by atoms with E-state index in [0.717, 1.165) is 5.56 Å². The molecule has 1 heterocycles. The molecule has 0 spiro atoms. The molecule has 4 nitrogen and oxygen atoms in total. The van der Waals surface area contributed by atoms with Crippen molar-refractivity contribution in [1.29, 1.82) is 5.26 Å². The van der Waals surface area contributed by atoms with Gasteiger partial charge in [-0.05, 0) is 30.7 Å². The summed E-state index contributed by atoms with van der Waals surface area (Å²) in [7, 11) is 0. The Kier molecular flexibility index (Phi) is 4.79. The lowest BCUT2D eigenvalue weighted by atomic mass is 10.1. The zero-order valence-corrected chi connectivity index (χ0v) is 12.6. The van der Waals surface area contributed by atoms with E-state index in [2.05, 4.69) is 10.3 Å². The van der Waals surface area contributed by atoms with Crippen LogP contribution in [-0.4, -0.2) is 10.9 Å². The highest BCUT2D eigenvalue weighted by Crippen LogP contribution is 2.20. The Balaban J connectivity index is 2.14. The number of hydrogen-bond acceptors (Lipinski definition) is 3. The van der Waals surface area contributed by atoms with Crippen molar-refractivity contribution in [2.45, 2.75) is 13.0 Å². The fourth-order valence-corrected chi connectivity index (χ4v) is 2.14. The minimum atomic E-state index is -0.332. The van der Waals surface area contributed by atoms with E-state index < -0.39 is 0 Å². The Hall–Kier alpha value is -2.09. The van der Waals surface area contributed by atoms with Crippen molar-refractivity contribution < 1.29 is 4.79 Å². The first-order chi connectivity index (χ1) is 10.0. The van der Waals surface area contributed by atoms with Gasteiger partial charge in [0.2, 0.25) is 0 Å². The van der Waals surface area contributed by atoms with E-state index in [9.17, 15) is 4.79 Å². The summed E-state index contributed by atoms with van der Waals surface area (Å²) in [6, 6.07) is 10.2. The molecular formula is C15H11Cl2N3O. The van der Waals surface area contributed by atoms with E-state index in [1.807, 2.05) is 13.0 Å². The van der Waals surface area contributed by atoms with Gasteiger partial charge < -0.3 is 5.32 Å². The van der Waals surface area contributed by atoms with Crippen molar-refractivity contribution in [3.05, 3.63) is 63.4 Å². The van der Waals surface area contributed by atoms with Crippen LogP contribution >= 0.6 is 23.2 Å². The Morgan fingerprint density at radius 3 is 2.62 bits per heavy atom. The second kappa shape index (κ2) is 6.57. The number of hydrogen-bond donors (Lipinski definition) is 1. The second-order valence-corrected chi connectivity index (χ2v) is 5.21. The molecule has 0 radical (unpaired) electrons. The van der Waals surface area contributed by atoms with Crippen molar-refractivity contribution >= 4 is 29.1 Å². The first kappa shape index (κ1) is 15.3. The fraction of sp³-hybridized carbons (Fsp3) is 0.133. The van der Waals surface area contributed by atoms with Gasteiger partial charge in [-0.3, -0.25) is 4.79 Å². The molecule has 1 amide bonds. The molecule has 0 saturated carbocycles. The molecular weight excluding hydrogens is 309 g/mol. The molecule has 0 fully saturated rings. The van der Waals surface area contributed by atoms with Crippen LogP contribution in [-0.2, 0) is 0 Å². The molecule has 106 valence electrons. The summed E-state index contributed by atoms with van der Waals surface area (Å²) in [6.45, 7) is 1.84. The minimum Gasteiger partial charge on any atom is -0.345 e. The summed E-state index contributed by atoms with van der Waals surface area (Å²) in [6.07, 6.45) is 1.34. The molecule has 0 saturated heterocycles. The summed E-state index contributed by atoms with van der Waals surface area (Å²) < 4.78 is 0. The predicted octanol–water partition coefficient (Wildman–Crippen LogP) is 3.75. The lowest BCUT2D eigenvalue weighted by molar-refractivity contribution is 0.0940. The average molecular weight is 320 g/mol.